The number of ketones is 1. The molecule has 0 heterocycles. The van der Waals surface area contributed by atoms with Crippen LogP contribution in [-0.2, 0) is 4.79 Å². The van der Waals surface area contributed by atoms with Gasteiger partial charge in [-0.15, -0.1) is 13.2 Å². The fourth-order valence-electron chi connectivity index (χ4n) is 1.18. The largest absolute Gasteiger partial charge is 0.300 e. The zero-order valence-corrected chi connectivity index (χ0v) is 8.43. The van der Waals surface area contributed by atoms with Crippen LogP contribution in [0.5, 0.6) is 0 Å². The predicted octanol–water partition coefficient (Wildman–Crippen LogP) is 3.66. The highest BCUT2D eigenvalue weighted by Crippen LogP contribution is 2.12. The van der Waals surface area contributed by atoms with Crippen LogP contribution in [-0.4, -0.2) is 5.78 Å². The van der Waals surface area contributed by atoms with Crippen molar-refractivity contribution in [3.63, 3.8) is 0 Å². The number of carbonyl (C=O) groups excluding carboxylic acids is 1. The Morgan fingerprint density at radius 2 is 1.46 bits per heavy atom. The average Bonchev–Trinajstić information content (AvgIpc) is 2.17. The van der Waals surface area contributed by atoms with Gasteiger partial charge in [-0.2, -0.15) is 0 Å². The third-order valence-electron chi connectivity index (χ3n) is 1.99. The van der Waals surface area contributed by atoms with Crippen LogP contribution >= 0.6 is 0 Å². The molecule has 0 aromatic heterocycles. The first-order chi connectivity index (χ1) is 6.31. The fourth-order valence-corrected chi connectivity index (χ4v) is 1.18. The third-order valence-corrected chi connectivity index (χ3v) is 1.99. The highest BCUT2D eigenvalue weighted by atomic mass is 16.1. The molecule has 0 bridgehead atoms. The van der Waals surface area contributed by atoms with Gasteiger partial charge in [0, 0.05) is 12.8 Å². The van der Waals surface area contributed by atoms with Gasteiger partial charge in [0.1, 0.15) is 5.78 Å². The van der Waals surface area contributed by atoms with Crippen LogP contribution in [0.4, 0.5) is 0 Å². The lowest BCUT2D eigenvalue weighted by molar-refractivity contribution is -0.120. The Morgan fingerprint density at radius 3 is 1.69 bits per heavy atom. The molecule has 0 aliphatic heterocycles. The highest BCUT2D eigenvalue weighted by Gasteiger charge is 2.05. The van der Waals surface area contributed by atoms with E-state index in [-0.39, 0.29) is 0 Å². The van der Waals surface area contributed by atoms with Gasteiger partial charge in [-0.25, -0.2) is 0 Å². The Balaban J connectivity index is 0.000000226. The maximum atomic E-state index is 10.5. The minimum atomic E-state index is 0.464. The second-order valence-electron chi connectivity index (χ2n) is 3.25. The summed E-state index contributed by atoms with van der Waals surface area (Å²) in [5.41, 5.74) is 0. The Labute approximate surface area is 81.5 Å². The van der Waals surface area contributed by atoms with E-state index in [4.69, 9.17) is 0 Å². The van der Waals surface area contributed by atoms with E-state index in [1.54, 1.807) is 0 Å². The summed E-state index contributed by atoms with van der Waals surface area (Å²) >= 11 is 0. The van der Waals surface area contributed by atoms with Crippen LogP contribution < -0.4 is 0 Å². The lowest BCUT2D eigenvalue weighted by atomic mass is 10.00. The number of Topliss-reactive ketones (excluding diaryl/α,β-unsaturated/α-hetero) is 1. The third kappa shape index (κ3) is 9.06. The second-order valence-corrected chi connectivity index (χ2v) is 3.25. The number of hydrogen-bond acceptors (Lipinski definition) is 1. The first-order valence-corrected chi connectivity index (χ1v) is 5.04. The van der Waals surface area contributed by atoms with Crippen molar-refractivity contribution >= 4 is 5.78 Å². The summed E-state index contributed by atoms with van der Waals surface area (Å²) in [6.45, 7) is 7.10. The van der Waals surface area contributed by atoms with Gasteiger partial charge in [0.15, 0.2) is 0 Å². The summed E-state index contributed by atoms with van der Waals surface area (Å²) in [5, 5.41) is 0. The van der Waals surface area contributed by atoms with Gasteiger partial charge in [-0.1, -0.05) is 18.6 Å². The van der Waals surface area contributed by atoms with Crippen molar-refractivity contribution in [1.29, 1.82) is 0 Å². The van der Waals surface area contributed by atoms with E-state index >= 15 is 0 Å². The van der Waals surface area contributed by atoms with E-state index in [0.29, 0.717) is 5.78 Å². The first kappa shape index (κ1) is 12.2. The molecule has 0 N–H and O–H groups in total. The maximum Gasteiger partial charge on any atom is 0.132 e. The summed E-state index contributed by atoms with van der Waals surface area (Å²) < 4.78 is 0. The minimum Gasteiger partial charge on any atom is -0.300 e. The Hall–Kier alpha value is -0.850. The van der Waals surface area contributed by atoms with Crippen LogP contribution in [0.1, 0.15) is 44.9 Å². The lowest BCUT2D eigenvalue weighted by Gasteiger charge is -2.05. The molecule has 74 valence electrons. The molecule has 1 aliphatic carbocycles. The average molecular weight is 180 g/mol. The number of allylic oxidation sites excluding steroid dienone is 2. The van der Waals surface area contributed by atoms with Crippen molar-refractivity contribution < 1.29 is 4.79 Å². The molecular weight excluding hydrogens is 160 g/mol. The van der Waals surface area contributed by atoms with E-state index in [2.05, 4.69) is 13.2 Å². The molecule has 0 saturated heterocycles. The normalized spacial score (nSPS) is 15.5. The Morgan fingerprint density at radius 1 is 1.00 bits per heavy atom. The molecule has 1 rings (SSSR count). The molecule has 1 aliphatic rings. The molecule has 1 fully saturated rings. The summed E-state index contributed by atoms with van der Waals surface area (Å²) in [4.78, 5) is 10.5. The zero-order valence-electron chi connectivity index (χ0n) is 8.43. The molecule has 0 aromatic carbocycles. The van der Waals surface area contributed by atoms with Crippen molar-refractivity contribution in [3.8, 4) is 0 Å². The van der Waals surface area contributed by atoms with Gasteiger partial charge in [0.25, 0.3) is 0 Å². The van der Waals surface area contributed by atoms with Crippen molar-refractivity contribution in [2.45, 2.75) is 44.9 Å². The standard InChI is InChI=1S/C6H10O.C6H10/c7-6-4-2-1-3-5-6;1-3-5-6-4-2/h1-5H2;3-4H,1-2,5-6H2. The predicted molar refractivity (Wildman–Crippen MR) is 57.7 cm³/mol. The molecule has 1 heteroatoms. The van der Waals surface area contributed by atoms with Gasteiger partial charge in [0.2, 0.25) is 0 Å². The second kappa shape index (κ2) is 9.24. The number of rotatable bonds is 3. The fraction of sp³-hybridized carbons (Fsp3) is 0.583. The van der Waals surface area contributed by atoms with E-state index in [0.717, 1.165) is 38.5 Å². The summed E-state index contributed by atoms with van der Waals surface area (Å²) in [5.74, 6) is 0.464. The number of unbranched alkanes of at least 4 members (excludes halogenated alkanes) is 1. The van der Waals surface area contributed by atoms with Crippen molar-refractivity contribution in [2.24, 2.45) is 0 Å². The molecular formula is C12H20O. The molecule has 1 nitrogen and oxygen atoms in total. The number of hydrogen-bond donors (Lipinski definition) is 0. The monoisotopic (exact) mass is 180 g/mol. The molecule has 0 unspecified atom stereocenters. The van der Waals surface area contributed by atoms with Crippen LogP contribution in [0.25, 0.3) is 0 Å². The summed E-state index contributed by atoms with van der Waals surface area (Å²) in [7, 11) is 0. The summed E-state index contributed by atoms with van der Waals surface area (Å²) in [6, 6.07) is 0. The van der Waals surface area contributed by atoms with Crippen LogP contribution in [0, 0.1) is 0 Å². The minimum absolute atomic E-state index is 0.464. The van der Waals surface area contributed by atoms with E-state index in [1.807, 2.05) is 12.2 Å². The van der Waals surface area contributed by atoms with Crippen LogP contribution in [0.3, 0.4) is 0 Å². The van der Waals surface area contributed by atoms with Crippen molar-refractivity contribution in [2.75, 3.05) is 0 Å². The highest BCUT2D eigenvalue weighted by molar-refractivity contribution is 5.78. The smallest absolute Gasteiger partial charge is 0.132 e. The molecule has 0 spiro atoms. The van der Waals surface area contributed by atoms with Crippen LogP contribution in [0.2, 0.25) is 0 Å². The van der Waals surface area contributed by atoms with E-state index in [1.165, 1.54) is 6.42 Å². The van der Waals surface area contributed by atoms with Gasteiger partial charge in [-0.3, -0.25) is 4.79 Å². The van der Waals surface area contributed by atoms with Gasteiger partial charge < -0.3 is 0 Å². The Kier molecular flexibility index (Phi) is 8.64. The van der Waals surface area contributed by atoms with E-state index < -0.39 is 0 Å². The van der Waals surface area contributed by atoms with Gasteiger partial charge >= 0.3 is 0 Å². The molecule has 0 aromatic rings. The zero-order chi connectivity index (χ0) is 9.94. The molecule has 0 atom stereocenters. The first-order valence-electron chi connectivity index (χ1n) is 5.04. The Bertz CT molecular complexity index is 143. The lowest BCUT2D eigenvalue weighted by Crippen LogP contribution is -2.02. The van der Waals surface area contributed by atoms with Gasteiger partial charge in [0.05, 0.1) is 0 Å². The quantitative estimate of drug-likeness (QED) is 0.478. The van der Waals surface area contributed by atoms with Crippen LogP contribution in [0.15, 0.2) is 25.3 Å². The molecule has 0 radical (unpaired) electrons. The van der Waals surface area contributed by atoms with E-state index in [9.17, 15) is 4.79 Å². The topological polar surface area (TPSA) is 17.1 Å². The molecule has 1 saturated carbocycles. The summed E-state index contributed by atoms with van der Waals surface area (Å²) in [6.07, 6.45) is 11.1. The number of carbonyl (C=O) groups is 1. The van der Waals surface area contributed by atoms with Crippen molar-refractivity contribution in [1.82, 2.24) is 0 Å². The molecule has 0 amide bonds. The maximum absolute atomic E-state index is 10.5. The van der Waals surface area contributed by atoms with Crippen molar-refractivity contribution in [3.05, 3.63) is 25.3 Å². The van der Waals surface area contributed by atoms with Gasteiger partial charge in [-0.05, 0) is 25.7 Å². The SMILES string of the molecule is C=CCCC=C.O=C1CCCCC1. The molecule has 13 heavy (non-hydrogen) atoms.